The number of halogens is 1. The van der Waals surface area contributed by atoms with Crippen molar-refractivity contribution in [2.24, 2.45) is 0 Å². The van der Waals surface area contributed by atoms with Gasteiger partial charge in [-0.1, -0.05) is 6.07 Å². The number of rotatable bonds is 2. The van der Waals surface area contributed by atoms with Gasteiger partial charge in [-0.05, 0) is 24.6 Å². The summed E-state index contributed by atoms with van der Waals surface area (Å²) in [7, 11) is 1.27. The van der Waals surface area contributed by atoms with Crippen LogP contribution >= 0.6 is 11.6 Å². The Labute approximate surface area is 109 Å². The molecule has 5 nitrogen and oxygen atoms in total. The number of ether oxygens (including phenoxy) is 2. The van der Waals surface area contributed by atoms with E-state index in [1.54, 1.807) is 25.1 Å². The number of nitrogens with one attached hydrogen (secondary N) is 1. The number of methoxy groups -OCH3 is 1. The van der Waals surface area contributed by atoms with E-state index in [1.165, 1.54) is 7.11 Å². The zero-order valence-electron chi connectivity index (χ0n) is 9.90. The number of carbonyl (C=O) groups is 2. The van der Waals surface area contributed by atoms with E-state index in [4.69, 9.17) is 16.3 Å². The SMILES string of the molecule is COC(=O)C(Cl)c1ccc2c(c1)NC(=O)C(C)O2. The molecule has 2 unspecified atom stereocenters. The van der Waals surface area contributed by atoms with Gasteiger partial charge < -0.3 is 14.8 Å². The number of fused-ring (bicyclic) bond motifs is 1. The topological polar surface area (TPSA) is 64.6 Å². The predicted molar refractivity (Wildman–Crippen MR) is 65.8 cm³/mol. The lowest BCUT2D eigenvalue weighted by Gasteiger charge is -2.24. The van der Waals surface area contributed by atoms with Crippen LogP contribution in [0.2, 0.25) is 0 Å². The Morgan fingerprint density at radius 1 is 1.56 bits per heavy atom. The third-order valence-corrected chi connectivity index (χ3v) is 3.07. The summed E-state index contributed by atoms with van der Waals surface area (Å²) in [6.45, 7) is 1.66. The highest BCUT2D eigenvalue weighted by Gasteiger charge is 2.26. The van der Waals surface area contributed by atoms with Crippen molar-refractivity contribution in [1.29, 1.82) is 0 Å². The third-order valence-electron chi connectivity index (χ3n) is 2.64. The monoisotopic (exact) mass is 269 g/mol. The number of hydrogen-bond acceptors (Lipinski definition) is 4. The van der Waals surface area contributed by atoms with Gasteiger partial charge in [0.05, 0.1) is 12.8 Å². The Hall–Kier alpha value is -1.75. The largest absolute Gasteiger partial charge is 0.479 e. The molecule has 1 aliphatic rings. The summed E-state index contributed by atoms with van der Waals surface area (Å²) in [6, 6.07) is 4.93. The second-order valence-electron chi connectivity index (χ2n) is 3.89. The lowest BCUT2D eigenvalue weighted by Crippen LogP contribution is -2.34. The van der Waals surface area contributed by atoms with Crippen LogP contribution in [0.3, 0.4) is 0 Å². The fourth-order valence-corrected chi connectivity index (χ4v) is 1.85. The van der Waals surface area contributed by atoms with Gasteiger partial charge in [0, 0.05) is 0 Å². The van der Waals surface area contributed by atoms with E-state index in [0.717, 1.165) is 0 Å². The normalized spacial score (nSPS) is 19.3. The fourth-order valence-electron chi connectivity index (χ4n) is 1.62. The zero-order chi connectivity index (χ0) is 13.3. The van der Waals surface area contributed by atoms with Crippen LogP contribution in [0, 0.1) is 0 Å². The highest BCUT2D eigenvalue weighted by molar-refractivity contribution is 6.30. The molecule has 0 radical (unpaired) electrons. The van der Waals surface area contributed by atoms with Gasteiger partial charge in [0.2, 0.25) is 0 Å². The summed E-state index contributed by atoms with van der Waals surface area (Å²) in [5, 5.41) is 1.78. The molecule has 6 heteroatoms. The highest BCUT2D eigenvalue weighted by atomic mass is 35.5. The molecule has 96 valence electrons. The quantitative estimate of drug-likeness (QED) is 0.657. The van der Waals surface area contributed by atoms with Crippen LogP contribution in [0.25, 0.3) is 0 Å². The van der Waals surface area contributed by atoms with Gasteiger partial charge in [-0.2, -0.15) is 0 Å². The molecule has 0 aromatic heterocycles. The summed E-state index contributed by atoms with van der Waals surface area (Å²) < 4.78 is 9.95. The summed E-state index contributed by atoms with van der Waals surface area (Å²) in [5.74, 6) is -0.225. The molecule has 1 aliphatic heterocycles. The van der Waals surface area contributed by atoms with Crippen LogP contribution in [0.4, 0.5) is 5.69 Å². The first-order valence-electron chi connectivity index (χ1n) is 5.36. The number of benzene rings is 1. The van der Waals surface area contributed by atoms with Crippen molar-refractivity contribution in [3.05, 3.63) is 23.8 Å². The van der Waals surface area contributed by atoms with Gasteiger partial charge in [0.25, 0.3) is 5.91 Å². The molecule has 1 aromatic rings. The molecule has 0 aliphatic carbocycles. The van der Waals surface area contributed by atoms with Crippen molar-refractivity contribution >= 4 is 29.2 Å². The maximum absolute atomic E-state index is 11.5. The molecule has 0 fully saturated rings. The van der Waals surface area contributed by atoms with Crippen molar-refractivity contribution in [3.8, 4) is 5.75 Å². The molecule has 0 spiro atoms. The lowest BCUT2D eigenvalue weighted by molar-refractivity contribution is -0.140. The van der Waals surface area contributed by atoms with Crippen molar-refractivity contribution in [2.45, 2.75) is 18.4 Å². The minimum atomic E-state index is -0.906. The minimum absolute atomic E-state index is 0.233. The Bertz CT molecular complexity index is 503. The van der Waals surface area contributed by atoms with Crippen LogP contribution in [0.15, 0.2) is 18.2 Å². The number of amides is 1. The van der Waals surface area contributed by atoms with E-state index in [1.807, 2.05) is 0 Å². The van der Waals surface area contributed by atoms with Crippen molar-refractivity contribution in [1.82, 2.24) is 0 Å². The van der Waals surface area contributed by atoms with Gasteiger partial charge in [-0.25, -0.2) is 0 Å². The molecule has 0 saturated carbocycles. The summed E-state index contributed by atoms with van der Waals surface area (Å²) in [6.07, 6.45) is -0.532. The van der Waals surface area contributed by atoms with Crippen LogP contribution in [0.5, 0.6) is 5.75 Å². The van der Waals surface area contributed by atoms with Gasteiger partial charge in [-0.15, -0.1) is 11.6 Å². The van der Waals surface area contributed by atoms with E-state index in [2.05, 4.69) is 10.1 Å². The average molecular weight is 270 g/mol. The Morgan fingerprint density at radius 3 is 2.94 bits per heavy atom. The van der Waals surface area contributed by atoms with E-state index in [9.17, 15) is 9.59 Å². The zero-order valence-corrected chi connectivity index (χ0v) is 10.7. The van der Waals surface area contributed by atoms with Gasteiger partial charge >= 0.3 is 5.97 Å². The maximum Gasteiger partial charge on any atom is 0.328 e. The van der Waals surface area contributed by atoms with Crippen LogP contribution in [-0.4, -0.2) is 25.1 Å². The molecule has 1 aromatic carbocycles. The standard InChI is InChI=1S/C12H12ClNO4/c1-6-11(15)14-8-5-7(3-4-9(8)18-6)10(13)12(16)17-2/h3-6,10H,1-2H3,(H,14,15). The summed E-state index contributed by atoms with van der Waals surface area (Å²) in [5.41, 5.74) is 1.05. The molecule has 18 heavy (non-hydrogen) atoms. The first kappa shape index (κ1) is 12.7. The summed E-state index contributed by atoms with van der Waals surface area (Å²) >= 11 is 5.94. The molecule has 0 saturated heterocycles. The van der Waals surface area contributed by atoms with E-state index in [-0.39, 0.29) is 5.91 Å². The van der Waals surface area contributed by atoms with Gasteiger partial charge in [0.1, 0.15) is 5.75 Å². The van der Waals surface area contributed by atoms with E-state index < -0.39 is 17.5 Å². The maximum atomic E-state index is 11.5. The van der Waals surface area contributed by atoms with Crippen molar-refractivity contribution in [2.75, 3.05) is 12.4 Å². The molecule has 2 rings (SSSR count). The molecule has 1 heterocycles. The smallest absolute Gasteiger partial charge is 0.328 e. The Balaban J connectivity index is 2.30. The molecule has 1 amide bonds. The predicted octanol–water partition coefficient (Wildman–Crippen LogP) is 1.86. The lowest BCUT2D eigenvalue weighted by atomic mass is 10.1. The van der Waals surface area contributed by atoms with Crippen molar-refractivity contribution < 1.29 is 19.1 Å². The molecule has 2 atom stereocenters. The third kappa shape index (κ3) is 2.26. The first-order chi connectivity index (χ1) is 8.52. The number of carbonyl (C=O) groups excluding carboxylic acids is 2. The number of esters is 1. The van der Waals surface area contributed by atoms with E-state index >= 15 is 0 Å². The Kier molecular flexibility index (Phi) is 3.43. The molecule has 1 N–H and O–H groups in total. The molecule has 0 bridgehead atoms. The van der Waals surface area contributed by atoms with Crippen LogP contribution in [0.1, 0.15) is 17.9 Å². The number of hydrogen-bond donors (Lipinski definition) is 1. The summed E-state index contributed by atoms with van der Waals surface area (Å²) in [4.78, 5) is 22.8. The van der Waals surface area contributed by atoms with Gasteiger partial charge in [0.15, 0.2) is 11.5 Å². The van der Waals surface area contributed by atoms with Crippen LogP contribution in [-0.2, 0) is 14.3 Å². The Morgan fingerprint density at radius 2 is 2.28 bits per heavy atom. The highest BCUT2D eigenvalue weighted by Crippen LogP contribution is 2.34. The fraction of sp³-hybridized carbons (Fsp3) is 0.333. The minimum Gasteiger partial charge on any atom is -0.479 e. The number of alkyl halides is 1. The van der Waals surface area contributed by atoms with Crippen molar-refractivity contribution in [3.63, 3.8) is 0 Å². The first-order valence-corrected chi connectivity index (χ1v) is 5.80. The van der Waals surface area contributed by atoms with Gasteiger partial charge in [-0.3, -0.25) is 9.59 Å². The second kappa shape index (κ2) is 4.86. The molecular formula is C12H12ClNO4. The van der Waals surface area contributed by atoms with E-state index in [0.29, 0.717) is 17.0 Å². The second-order valence-corrected chi connectivity index (χ2v) is 4.33. The average Bonchev–Trinajstić information content (AvgIpc) is 2.37. The van der Waals surface area contributed by atoms with Crippen LogP contribution < -0.4 is 10.1 Å². The number of anilines is 1. The molecular weight excluding hydrogens is 258 g/mol.